The Bertz CT molecular complexity index is 2090. The first-order chi connectivity index (χ1) is 22.4. The second-order valence-electron chi connectivity index (χ2n) is 13.5. The molecule has 0 radical (unpaired) electrons. The maximum atomic E-state index is 5.00. The fourth-order valence-electron chi connectivity index (χ4n) is 8.05. The summed E-state index contributed by atoms with van der Waals surface area (Å²) in [5, 5.41) is 2.15. The van der Waals surface area contributed by atoms with E-state index < -0.39 is 0 Å². The molecule has 0 N–H and O–H groups in total. The minimum absolute atomic E-state index is 0.120. The van der Waals surface area contributed by atoms with Crippen LogP contribution in [0.5, 0.6) is 0 Å². The molecule has 46 heavy (non-hydrogen) atoms. The largest absolute Gasteiger partial charge is 0.309 e. The van der Waals surface area contributed by atoms with Crippen molar-refractivity contribution in [2.75, 3.05) is 9.80 Å². The number of hydrogen-bond acceptors (Lipinski definition) is 4. The Morgan fingerprint density at radius 1 is 0.370 bits per heavy atom. The minimum atomic E-state index is -0.120. The van der Waals surface area contributed by atoms with E-state index in [0.717, 1.165) is 33.2 Å². The summed E-state index contributed by atoms with van der Waals surface area (Å²) in [6.07, 6.45) is 3.87. The molecule has 4 heterocycles. The Kier molecular flexibility index (Phi) is 5.56. The summed E-state index contributed by atoms with van der Waals surface area (Å²) >= 11 is 0. The fraction of sp³-hybridized carbons (Fsp3) is 0.143. The normalized spacial score (nSPS) is 15.7. The van der Waals surface area contributed by atoms with Gasteiger partial charge >= 0.3 is 0 Å². The van der Waals surface area contributed by atoms with E-state index in [1.54, 1.807) is 0 Å². The molecule has 0 spiro atoms. The molecule has 222 valence electrons. The standard InChI is InChI=1S/C42H34N4/c1-41(2)29-13-5-9-17-35(29)45(36-18-10-6-14-30(36)41)33-23-25-43-39-27(33)21-22-28-34(24-26-44-40(28)39)46-37-19-11-7-15-31(37)42(3,4)32-16-8-12-20-38(32)46/h5-26H,1-4H3. The quantitative estimate of drug-likeness (QED) is 0.186. The molecule has 2 aliphatic heterocycles. The molecule has 0 bridgehead atoms. The van der Waals surface area contributed by atoms with Crippen molar-refractivity contribution in [2.24, 2.45) is 0 Å². The summed E-state index contributed by atoms with van der Waals surface area (Å²) in [5.74, 6) is 0. The lowest BCUT2D eigenvalue weighted by Gasteiger charge is -2.42. The number of rotatable bonds is 2. The van der Waals surface area contributed by atoms with E-state index in [4.69, 9.17) is 9.97 Å². The number of nitrogens with zero attached hydrogens (tertiary/aromatic N) is 4. The molecular formula is C42H34N4. The van der Waals surface area contributed by atoms with E-state index in [1.807, 2.05) is 12.4 Å². The van der Waals surface area contributed by atoms with Gasteiger partial charge in [0.2, 0.25) is 0 Å². The van der Waals surface area contributed by atoms with Gasteiger partial charge < -0.3 is 9.80 Å². The van der Waals surface area contributed by atoms with Crippen molar-refractivity contribution in [1.82, 2.24) is 9.97 Å². The van der Waals surface area contributed by atoms with Crippen LogP contribution in [0.2, 0.25) is 0 Å². The molecule has 0 unspecified atom stereocenters. The van der Waals surface area contributed by atoms with E-state index in [1.165, 1.54) is 45.0 Å². The third kappa shape index (κ3) is 3.55. The van der Waals surface area contributed by atoms with Crippen molar-refractivity contribution >= 4 is 55.9 Å². The molecule has 0 amide bonds. The number of fused-ring (bicyclic) bond motifs is 7. The molecule has 0 saturated carbocycles. The zero-order valence-electron chi connectivity index (χ0n) is 26.5. The summed E-state index contributed by atoms with van der Waals surface area (Å²) in [6, 6.07) is 43.9. The molecule has 2 aliphatic rings. The highest BCUT2D eigenvalue weighted by molar-refractivity contribution is 6.13. The Labute approximate surface area is 269 Å². The highest BCUT2D eigenvalue weighted by Crippen LogP contribution is 2.55. The van der Waals surface area contributed by atoms with Gasteiger partial charge in [0.15, 0.2) is 0 Å². The fourth-order valence-corrected chi connectivity index (χ4v) is 8.05. The summed E-state index contributed by atoms with van der Waals surface area (Å²) in [6.45, 7) is 9.29. The summed E-state index contributed by atoms with van der Waals surface area (Å²) in [7, 11) is 0. The van der Waals surface area contributed by atoms with Crippen LogP contribution in [0.4, 0.5) is 34.1 Å². The number of anilines is 6. The SMILES string of the molecule is CC1(C)c2ccccc2N(c2ccnc3c2ccc2c(N4c5ccccc5C(C)(C)c5ccccc54)ccnc23)c2ccccc21. The van der Waals surface area contributed by atoms with Crippen LogP contribution in [0.15, 0.2) is 134 Å². The first kappa shape index (κ1) is 26.9. The Morgan fingerprint density at radius 3 is 1.00 bits per heavy atom. The molecule has 5 aromatic carbocycles. The predicted octanol–water partition coefficient (Wildman–Crippen LogP) is 11.0. The minimum Gasteiger partial charge on any atom is -0.309 e. The number of pyridine rings is 2. The molecule has 2 aromatic heterocycles. The molecular weight excluding hydrogens is 560 g/mol. The van der Waals surface area contributed by atoms with E-state index in [0.29, 0.717) is 0 Å². The topological polar surface area (TPSA) is 32.3 Å². The van der Waals surface area contributed by atoms with Crippen LogP contribution in [0.3, 0.4) is 0 Å². The molecule has 4 heteroatoms. The average molecular weight is 595 g/mol. The van der Waals surface area contributed by atoms with Gasteiger partial charge in [-0.25, -0.2) is 0 Å². The van der Waals surface area contributed by atoms with Gasteiger partial charge in [0.25, 0.3) is 0 Å². The average Bonchev–Trinajstić information content (AvgIpc) is 3.09. The van der Waals surface area contributed by atoms with Crippen LogP contribution in [-0.4, -0.2) is 9.97 Å². The third-order valence-electron chi connectivity index (χ3n) is 10.3. The van der Waals surface area contributed by atoms with Gasteiger partial charge in [-0.1, -0.05) is 100 Å². The maximum absolute atomic E-state index is 5.00. The smallest absolute Gasteiger partial charge is 0.0986 e. The van der Waals surface area contributed by atoms with E-state index in [-0.39, 0.29) is 10.8 Å². The van der Waals surface area contributed by atoms with E-state index in [2.05, 4.69) is 159 Å². The number of benzene rings is 5. The van der Waals surface area contributed by atoms with Crippen LogP contribution >= 0.6 is 0 Å². The van der Waals surface area contributed by atoms with Crippen LogP contribution in [0, 0.1) is 0 Å². The van der Waals surface area contributed by atoms with Crippen molar-refractivity contribution < 1.29 is 0 Å². The van der Waals surface area contributed by atoms with Gasteiger partial charge in [0.1, 0.15) is 0 Å². The lowest BCUT2D eigenvalue weighted by atomic mass is 9.73. The molecule has 9 rings (SSSR count). The van der Waals surface area contributed by atoms with E-state index >= 15 is 0 Å². The van der Waals surface area contributed by atoms with Gasteiger partial charge in [0.05, 0.1) is 45.2 Å². The maximum Gasteiger partial charge on any atom is 0.0986 e. The van der Waals surface area contributed by atoms with E-state index in [9.17, 15) is 0 Å². The van der Waals surface area contributed by atoms with Gasteiger partial charge in [0, 0.05) is 34.0 Å². The third-order valence-corrected chi connectivity index (χ3v) is 10.3. The van der Waals surface area contributed by atoms with Crippen LogP contribution in [-0.2, 0) is 10.8 Å². The zero-order chi connectivity index (χ0) is 31.2. The highest BCUT2D eigenvalue weighted by Gasteiger charge is 2.38. The highest BCUT2D eigenvalue weighted by atomic mass is 15.2. The molecule has 0 aliphatic carbocycles. The van der Waals surface area contributed by atoms with Crippen LogP contribution < -0.4 is 9.80 Å². The first-order valence-corrected chi connectivity index (χ1v) is 16.0. The molecule has 0 atom stereocenters. The van der Waals surface area contributed by atoms with Crippen molar-refractivity contribution in [2.45, 2.75) is 38.5 Å². The second-order valence-corrected chi connectivity index (χ2v) is 13.5. The number of para-hydroxylation sites is 4. The number of hydrogen-bond donors (Lipinski definition) is 0. The van der Waals surface area contributed by atoms with Gasteiger partial charge in [-0.2, -0.15) is 0 Å². The number of aromatic nitrogens is 2. The Balaban J connectivity index is 1.29. The van der Waals surface area contributed by atoms with Crippen molar-refractivity contribution in [3.8, 4) is 0 Å². The lowest BCUT2D eigenvalue weighted by molar-refractivity contribution is 0.632. The second kappa shape index (κ2) is 9.51. The first-order valence-electron chi connectivity index (χ1n) is 16.0. The predicted molar refractivity (Wildman–Crippen MR) is 191 cm³/mol. The van der Waals surface area contributed by atoms with Gasteiger partial charge in [-0.3, -0.25) is 9.97 Å². The Hall–Kier alpha value is -5.48. The summed E-state index contributed by atoms with van der Waals surface area (Å²) in [5.41, 5.74) is 13.8. The summed E-state index contributed by atoms with van der Waals surface area (Å²) < 4.78 is 0. The monoisotopic (exact) mass is 594 g/mol. The van der Waals surface area contributed by atoms with Gasteiger partial charge in [-0.05, 0) is 70.8 Å². The Morgan fingerprint density at radius 2 is 0.674 bits per heavy atom. The summed E-state index contributed by atoms with van der Waals surface area (Å²) in [4.78, 5) is 14.8. The molecule has 0 fully saturated rings. The van der Waals surface area contributed by atoms with Crippen LogP contribution in [0.25, 0.3) is 21.8 Å². The zero-order valence-corrected chi connectivity index (χ0v) is 26.5. The van der Waals surface area contributed by atoms with Crippen molar-refractivity contribution in [1.29, 1.82) is 0 Å². The van der Waals surface area contributed by atoms with Crippen molar-refractivity contribution in [3.05, 3.63) is 156 Å². The lowest BCUT2D eigenvalue weighted by Crippen LogP contribution is -2.30. The van der Waals surface area contributed by atoms with Crippen LogP contribution in [0.1, 0.15) is 49.9 Å². The molecule has 4 nitrogen and oxygen atoms in total. The van der Waals surface area contributed by atoms with Gasteiger partial charge in [-0.15, -0.1) is 0 Å². The van der Waals surface area contributed by atoms with Crippen molar-refractivity contribution in [3.63, 3.8) is 0 Å². The molecule has 7 aromatic rings. The molecule has 0 saturated heterocycles.